The fourth-order valence-electron chi connectivity index (χ4n) is 7.85. The van der Waals surface area contributed by atoms with E-state index < -0.39 is 31.4 Å². The number of piperazine rings is 1. The minimum atomic E-state index is -4.47. The summed E-state index contributed by atoms with van der Waals surface area (Å²) in [6.45, 7) is 7.81. The van der Waals surface area contributed by atoms with Crippen molar-refractivity contribution in [3.8, 4) is 11.1 Å². The number of unbranched alkanes of at least 4 members (excludes halogenated alkanes) is 3. The highest BCUT2D eigenvalue weighted by molar-refractivity contribution is 7.99. The Bertz CT molecular complexity index is 2470. The maximum absolute atomic E-state index is 13.5. The van der Waals surface area contributed by atoms with E-state index in [1.807, 2.05) is 67.7 Å². The lowest BCUT2D eigenvalue weighted by atomic mass is 9.99. The molecule has 0 aliphatic carbocycles. The number of benzene rings is 5. The summed E-state index contributed by atoms with van der Waals surface area (Å²) in [4.78, 5) is 44.2. The van der Waals surface area contributed by atoms with Gasteiger partial charge >= 0.3 is 5.97 Å². The van der Waals surface area contributed by atoms with E-state index in [1.54, 1.807) is 43.0 Å². The Hall–Kier alpha value is -5.45. The monoisotopic (exact) mass is 954 g/mol. The van der Waals surface area contributed by atoms with Gasteiger partial charge in [-0.05, 0) is 124 Å². The van der Waals surface area contributed by atoms with E-state index in [9.17, 15) is 28.1 Å². The third kappa shape index (κ3) is 15.0. The van der Waals surface area contributed by atoms with Crippen molar-refractivity contribution in [3.63, 3.8) is 0 Å². The van der Waals surface area contributed by atoms with E-state index in [4.69, 9.17) is 16.3 Å². The third-order valence-corrected chi connectivity index (χ3v) is 14.3. The molecule has 0 saturated carbocycles. The molecule has 1 aliphatic rings. The first-order valence-corrected chi connectivity index (χ1v) is 25.3. The zero-order valence-corrected chi connectivity index (χ0v) is 40.0. The number of sulfonamides is 1. The van der Waals surface area contributed by atoms with Gasteiger partial charge in [-0.1, -0.05) is 79.0 Å². The largest absolute Gasteiger partial charge is 0.466 e. The van der Waals surface area contributed by atoms with Crippen LogP contribution in [0.15, 0.2) is 131 Å². The molecule has 5 aromatic rings. The lowest BCUT2D eigenvalue weighted by Crippen LogP contribution is -2.46. The second kappa shape index (κ2) is 24.9. The van der Waals surface area contributed by atoms with Crippen molar-refractivity contribution in [2.75, 3.05) is 68.9 Å². The fourth-order valence-corrected chi connectivity index (χ4v) is 9.96. The number of halogens is 1. The normalized spacial score (nSPS) is 13.6. The quantitative estimate of drug-likeness (QED) is 0.0199. The van der Waals surface area contributed by atoms with Crippen LogP contribution in [0.2, 0.25) is 5.02 Å². The van der Waals surface area contributed by atoms with Gasteiger partial charge in [-0.3, -0.25) is 24.6 Å². The van der Waals surface area contributed by atoms with Crippen LogP contribution in [-0.4, -0.2) is 99.7 Å². The van der Waals surface area contributed by atoms with Gasteiger partial charge in [0.05, 0.1) is 16.4 Å². The van der Waals surface area contributed by atoms with Gasteiger partial charge in [0.2, 0.25) is 0 Å². The molecule has 66 heavy (non-hydrogen) atoms. The van der Waals surface area contributed by atoms with Gasteiger partial charge in [0, 0.05) is 78.2 Å². The van der Waals surface area contributed by atoms with Crippen molar-refractivity contribution in [2.24, 2.45) is 0 Å². The van der Waals surface area contributed by atoms with E-state index in [0.29, 0.717) is 30.2 Å². The number of carbonyl (C=O) groups is 2. The minimum Gasteiger partial charge on any atom is -0.466 e. The maximum Gasteiger partial charge on any atom is 0.305 e. The molecule has 1 unspecified atom stereocenters. The van der Waals surface area contributed by atoms with Crippen molar-refractivity contribution in [1.82, 2.24) is 14.5 Å². The van der Waals surface area contributed by atoms with Gasteiger partial charge in [-0.15, -0.1) is 11.8 Å². The highest BCUT2D eigenvalue weighted by atomic mass is 35.5. The molecule has 1 atom stereocenters. The van der Waals surface area contributed by atoms with Crippen LogP contribution in [0.3, 0.4) is 0 Å². The Balaban J connectivity index is 1.03. The Morgan fingerprint density at radius 1 is 0.864 bits per heavy atom. The summed E-state index contributed by atoms with van der Waals surface area (Å²) >= 11 is 7.76. The van der Waals surface area contributed by atoms with Crippen molar-refractivity contribution < 1.29 is 27.7 Å². The van der Waals surface area contributed by atoms with E-state index in [-0.39, 0.29) is 23.3 Å². The number of thioether (sulfide) groups is 1. The molecule has 1 aliphatic heterocycles. The lowest BCUT2D eigenvalue weighted by molar-refractivity contribution is -0.384. The molecule has 0 bridgehead atoms. The molecule has 1 saturated heterocycles. The molecular weight excluding hydrogens is 896 g/mol. The van der Waals surface area contributed by atoms with Gasteiger partial charge in [-0.25, -0.2) is 13.1 Å². The molecule has 1 heterocycles. The summed E-state index contributed by atoms with van der Waals surface area (Å²) in [5.41, 5.74) is 4.38. The first kappa shape index (κ1) is 50.0. The van der Waals surface area contributed by atoms with Crippen LogP contribution in [0.25, 0.3) is 11.1 Å². The predicted molar refractivity (Wildman–Crippen MR) is 265 cm³/mol. The number of anilines is 2. The maximum atomic E-state index is 13.5. The number of nitrogens with one attached hydrogen (secondary N) is 2. The zero-order chi connectivity index (χ0) is 46.9. The highest BCUT2D eigenvalue weighted by Gasteiger charge is 2.26. The predicted octanol–water partition coefficient (Wildman–Crippen LogP) is 9.76. The molecule has 5 aromatic carbocycles. The standard InChI is InChI=1S/C50H59ClN6O7S2/c1-3-64-49(58)17-9-4-5-12-29-54(2)30-28-42(37-65-44-14-7-6-8-15-44)52-47-27-26-45(35-48(47)57(60)61)66(62,63)53-50(59)39-20-24-43(25-21-39)56-33-31-55(32-34-56)36-40-13-10-11-16-46(40)38-18-22-41(51)23-19-38/h6-8,10-11,13-16,18-27,35,42,52H,3-5,9,12,17,28-34,36-37H2,1-2H3,(H,53,59). The molecule has 6 rings (SSSR count). The second-order valence-electron chi connectivity index (χ2n) is 16.4. The second-order valence-corrected chi connectivity index (χ2v) is 19.6. The molecule has 0 spiro atoms. The molecule has 0 aromatic heterocycles. The third-order valence-electron chi connectivity index (χ3n) is 11.5. The number of rotatable bonds is 24. The molecule has 16 heteroatoms. The average Bonchev–Trinajstić information content (AvgIpc) is 3.32. The summed E-state index contributed by atoms with van der Waals surface area (Å²) in [6.07, 6.45) is 4.81. The number of nitro benzene ring substituents is 1. The number of hydrogen-bond donors (Lipinski definition) is 2. The smallest absolute Gasteiger partial charge is 0.305 e. The number of carbonyl (C=O) groups excluding carboxylic acids is 2. The van der Waals surface area contributed by atoms with Gasteiger partial charge < -0.3 is 19.9 Å². The van der Waals surface area contributed by atoms with Gasteiger partial charge in [0.1, 0.15) is 5.69 Å². The number of amides is 1. The molecule has 350 valence electrons. The number of hydrogen-bond acceptors (Lipinski definition) is 12. The topological polar surface area (TPSA) is 154 Å². The van der Waals surface area contributed by atoms with Crippen molar-refractivity contribution in [3.05, 3.63) is 148 Å². The number of nitrogens with zero attached hydrogens (tertiary/aromatic N) is 4. The van der Waals surface area contributed by atoms with E-state index in [2.05, 4.69) is 42.9 Å². The highest BCUT2D eigenvalue weighted by Crippen LogP contribution is 2.31. The molecule has 2 N–H and O–H groups in total. The van der Waals surface area contributed by atoms with Crippen LogP contribution in [0.4, 0.5) is 17.1 Å². The van der Waals surface area contributed by atoms with Crippen molar-refractivity contribution >= 4 is 62.3 Å². The van der Waals surface area contributed by atoms with Crippen LogP contribution in [-0.2, 0) is 26.1 Å². The van der Waals surface area contributed by atoms with E-state index in [0.717, 1.165) is 93.7 Å². The molecule has 1 fully saturated rings. The lowest BCUT2D eigenvalue weighted by Gasteiger charge is -2.36. The number of ether oxygens (including phenoxy) is 1. The van der Waals surface area contributed by atoms with Crippen molar-refractivity contribution in [2.45, 2.75) is 67.8 Å². The van der Waals surface area contributed by atoms with Crippen LogP contribution >= 0.6 is 23.4 Å². The van der Waals surface area contributed by atoms with Crippen molar-refractivity contribution in [1.29, 1.82) is 0 Å². The van der Waals surface area contributed by atoms with Crippen LogP contribution < -0.4 is 14.9 Å². The summed E-state index contributed by atoms with van der Waals surface area (Å²) in [5.74, 6) is -0.391. The Morgan fingerprint density at radius 2 is 1.56 bits per heavy atom. The van der Waals surface area contributed by atoms with Gasteiger partial charge in [-0.2, -0.15) is 0 Å². The summed E-state index contributed by atoms with van der Waals surface area (Å²) in [7, 11) is -2.43. The van der Waals surface area contributed by atoms with E-state index >= 15 is 0 Å². The van der Waals surface area contributed by atoms with Gasteiger partial charge in [0.25, 0.3) is 21.6 Å². The molecule has 0 radical (unpaired) electrons. The fraction of sp³-hybridized carbons (Fsp3) is 0.360. The zero-order valence-electron chi connectivity index (χ0n) is 37.6. The van der Waals surface area contributed by atoms with Crippen LogP contribution in [0, 0.1) is 10.1 Å². The Kier molecular flexibility index (Phi) is 18.9. The first-order chi connectivity index (χ1) is 31.9. The van der Waals surface area contributed by atoms with Gasteiger partial charge in [0.15, 0.2) is 0 Å². The number of esters is 1. The molecule has 13 nitrogen and oxygen atoms in total. The SMILES string of the molecule is CCOC(=O)CCCCCCN(C)CCC(CSc1ccccc1)Nc1ccc(S(=O)(=O)NC(=O)c2ccc(N3CCN(Cc4ccccc4-c4ccc(Cl)cc4)CC3)cc2)cc1[N+](=O)[O-]. The molecular formula is C50H59ClN6O7S2. The first-order valence-electron chi connectivity index (χ1n) is 22.4. The summed E-state index contributed by atoms with van der Waals surface area (Å²) < 4.78 is 34.2. The Morgan fingerprint density at radius 3 is 2.27 bits per heavy atom. The molecule has 1 amide bonds. The van der Waals surface area contributed by atoms with E-state index in [1.165, 1.54) is 23.3 Å². The van der Waals surface area contributed by atoms with Crippen LogP contribution in [0.5, 0.6) is 0 Å². The minimum absolute atomic E-state index is 0.144. The summed E-state index contributed by atoms with van der Waals surface area (Å²) in [6, 6.07) is 36.4. The number of nitro groups is 1. The summed E-state index contributed by atoms with van der Waals surface area (Å²) in [5, 5.41) is 16.4. The average molecular weight is 956 g/mol. The van der Waals surface area contributed by atoms with Crippen LogP contribution in [0.1, 0.15) is 61.4 Å². The Labute approximate surface area is 398 Å².